The Hall–Kier alpha value is -1.39. The van der Waals surface area contributed by atoms with Crippen molar-refractivity contribution < 1.29 is 4.79 Å². The highest BCUT2D eigenvalue weighted by atomic mass is 16.1. The first-order valence-corrected chi connectivity index (χ1v) is 7.76. The van der Waals surface area contributed by atoms with Crippen LogP contribution in [0.5, 0.6) is 0 Å². The van der Waals surface area contributed by atoms with Crippen LogP contribution < -0.4 is 10.6 Å². The zero-order chi connectivity index (χ0) is 15.5. The SMILES string of the molecule is C[C@@H](CCc1ccccc1)NC(=O)CNCCCN(C)C. The van der Waals surface area contributed by atoms with Gasteiger partial charge in [-0.1, -0.05) is 30.3 Å². The van der Waals surface area contributed by atoms with Crippen molar-refractivity contribution in [2.24, 2.45) is 0 Å². The van der Waals surface area contributed by atoms with Crippen molar-refractivity contribution in [2.45, 2.75) is 32.2 Å². The molecule has 0 heterocycles. The van der Waals surface area contributed by atoms with E-state index < -0.39 is 0 Å². The second-order valence-corrected chi connectivity index (χ2v) is 5.83. The smallest absolute Gasteiger partial charge is 0.234 e. The van der Waals surface area contributed by atoms with Gasteiger partial charge >= 0.3 is 0 Å². The Morgan fingerprint density at radius 3 is 2.62 bits per heavy atom. The molecule has 0 aliphatic heterocycles. The molecule has 1 amide bonds. The average molecular weight is 291 g/mol. The van der Waals surface area contributed by atoms with E-state index in [4.69, 9.17) is 0 Å². The number of aryl methyl sites for hydroxylation is 1. The minimum absolute atomic E-state index is 0.0837. The zero-order valence-electron chi connectivity index (χ0n) is 13.6. The monoisotopic (exact) mass is 291 g/mol. The Labute approximate surface area is 128 Å². The van der Waals surface area contributed by atoms with E-state index in [9.17, 15) is 4.79 Å². The fourth-order valence-electron chi connectivity index (χ4n) is 2.15. The van der Waals surface area contributed by atoms with Gasteiger partial charge in [-0.25, -0.2) is 0 Å². The summed E-state index contributed by atoms with van der Waals surface area (Å²) in [7, 11) is 4.11. The quantitative estimate of drug-likeness (QED) is 0.645. The van der Waals surface area contributed by atoms with Gasteiger partial charge in [0.2, 0.25) is 5.91 Å². The molecule has 0 aromatic heterocycles. The van der Waals surface area contributed by atoms with E-state index in [0.29, 0.717) is 6.54 Å². The normalized spacial score (nSPS) is 12.4. The number of hydrogen-bond donors (Lipinski definition) is 2. The van der Waals surface area contributed by atoms with Crippen LogP contribution in [-0.2, 0) is 11.2 Å². The van der Waals surface area contributed by atoms with Crippen LogP contribution in [0.25, 0.3) is 0 Å². The van der Waals surface area contributed by atoms with Gasteiger partial charge in [-0.05, 0) is 58.9 Å². The van der Waals surface area contributed by atoms with Crippen LogP contribution in [-0.4, -0.2) is 50.6 Å². The van der Waals surface area contributed by atoms with Crippen LogP contribution in [0.1, 0.15) is 25.3 Å². The lowest BCUT2D eigenvalue weighted by atomic mass is 10.1. The molecule has 2 N–H and O–H groups in total. The molecule has 0 radical (unpaired) electrons. The maximum Gasteiger partial charge on any atom is 0.234 e. The summed E-state index contributed by atoms with van der Waals surface area (Å²) in [5.74, 6) is 0.0837. The van der Waals surface area contributed by atoms with E-state index in [-0.39, 0.29) is 11.9 Å². The molecule has 1 atom stereocenters. The summed E-state index contributed by atoms with van der Waals surface area (Å²) < 4.78 is 0. The number of carbonyl (C=O) groups excluding carboxylic acids is 1. The summed E-state index contributed by atoms with van der Waals surface area (Å²) in [6.45, 7) is 4.39. The Bertz CT molecular complexity index is 392. The predicted octanol–water partition coefficient (Wildman–Crippen LogP) is 1.67. The Morgan fingerprint density at radius 2 is 1.95 bits per heavy atom. The first kappa shape index (κ1) is 17.7. The van der Waals surface area contributed by atoms with Crippen LogP contribution >= 0.6 is 0 Å². The summed E-state index contributed by atoms with van der Waals surface area (Å²) >= 11 is 0. The lowest BCUT2D eigenvalue weighted by Crippen LogP contribution is -2.39. The standard InChI is InChI=1S/C17H29N3O/c1-15(10-11-16-8-5-4-6-9-16)19-17(21)14-18-12-7-13-20(2)3/h4-6,8-9,15,18H,7,10-14H2,1-3H3,(H,19,21)/t15-/m0/s1. The molecular formula is C17H29N3O. The fraction of sp³-hybridized carbons (Fsp3) is 0.588. The summed E-state index contributed by atoms with van der Waals surface area (Å²) in [5, 5.41) is 6.22. The minimum atomic E-state index is 0.0837. The van der Waals surface area contributed by atoms with Crippen molar-refractivity contribution in [1.29, 1.82) is 0 Å². The number of nitrogens with one attached hydrogen (secondary N) is 2. The molecule has 0 bridgehead atoms. The highest BCUT2D eigenvalue weighted by Crippen LogP contribution is 2.04. The van der Waals surface area contributed by atoms with Crippen molar-refractivity contribution in [1.82, 2.24) is 15.5 Å². The molecule has 0 saturated heterocycles. The molecule has 21 heavy (non-hydrogen) atoms. The van der Waals surface area contributed by atoms with E-state index in [2.05, 4.69) is 60.8 Å². The summed E-state index contributed by atoms with van der Waals surface area (Å²) in [4.78, 5) is 13.9. The van der Waals surface area contributed by atoms with Crippen LogP contribution in [0, 0.1) is 0 Å². The molecule has 4 heteroatoms. The van der Waals surface area contributed by atoms with E-state index in [1.807, 2.05) is 6.07 Å². The summed E-state index contributed by atoms with van der Waals surface area (Å²) in [6, 6.07) is 10.6. The van der Waals surface area contributed by atoms with Gasteiger partial charge in [0.1, 0.15) is 0 Å². The van der Waals surface area contributed by atoms with Crippen molar-refractivity contribution >= 4 is 5.91 Å². The first-order valence-electron chi connectivity index (χ1n) is 7.76. The number of nitrogens with zero attached hydrogens (tertiary/aromatic N) is 1. The molecule has 1 aromatic carbocycles. The Morgan fingerprint density at radius 1 is 1.24 bits per heavy atom. The molecule has 0 unspecified atom stereocenters. The molecule has 0 aliphatic rings. The molecule has 0 aliphatic carbocycles. The third-order valence-electron chi connectivity index (χ3n) is 3.36. The van der Waals surface area contributed by atoms with Crippen LogP contribution in [0.3, 0.4) is 0 Å². The third kappa shape index (κ3) is 9.21. The van der Waals surface area contributed by atoms with Crippen molar-refractivity contribution in [2.75, 3.05) is 33.7 Å². The lowest BCUT2D eigenvalue weighted by Gasteiger charge is -2.14. The number of rotatable bonds is 10. The molecule has 0 saturated carbocycles. The topological polar surface area (TPSA) is 44.4 Å². The van der Waals surface area contributed by atoms with Gasteiger partial charge in [0.25, 0.3) is 0 Å². The van der Waals surface area contributed by atoms with Crippen molar-refractivity contribution in [3.8, 4) is 0 Å². The van der Waals surface area contributed by atoms with Gasteiger partial charge in [-0.15, -0.1) is 0 Å². The average Bonchev–Trinajstić information content (AvgIpc) is 2.45. The maximum atomic E-state index is 11.8. The molecule has 118 valence electrons. The van der Waals surface area contributed by atoms with Crippen LogP contribution in [0.2, 0.25) is 0 Å². The van der Waals surface area contributed by atoms with Crippen molar-refractivity contribution in [3.05, 3.63) is 35.9 Å². The second-order valence-electron chi connectivity index (χ2n) is 5.83. The van der Waals surface area contributed by atoms with Gasteiger partial charge in [-0.2, -0.15) is 0 Å². The third-order valence-corrected chi connectivity index (χ3v) is 3.36. The van der Waals surface area contributed by atoms with Crippen LogP contribution in [0.15, 0.2) is 30.3 Å². The van der Waals surface area contributed by atoms with Gasteiger partial charge in [0.15, 0.2) is 0 Å². The number of hydrogen-bond acceptors (Lipinski definition) is 3. The molecule has 1 rings (SSSR count). The second kappa shape index (κ2) is 10.4. The number of benzene rings is 1. The lowest BCUT2D eigenvalue weighted by molar-refractivity contribution is -0.120. The molecule has 1 aromatic rings. The highest BCUT2D eigenvalue weighted by Gasteiger charge is 2.07. The number of amides is 1. The van der Waals surface area contributed by atoms with Gasteiger partial charge in [0.05, 0.1) is 6.54 Å². The van der Waals surface area contributed by atoms with Gasteiger partial charge in [-0.3, -0.25) is 4.79 Å². The van der Waals surface area contributed by atoms with E-state index in [1.54, 1.807) is 0 Å². The summed E-state index contributed by atoms with van der Waals surface area (Å²) in [5.41, 5.74) is 1.32. The van der Waals surface area contributed by atoms with Gasteiger partial charge in [0, 0.05) is 6.04 Å². The predicted molar refractivity (Wildman–Crippen MR) is 88.4 cm³/mol. The minimum Gasteiger partial charge on any atom is -0.353 e. The molecule has 0 fully saturated rings. The molecule has 4 nitrogen and oxygen atoms in total. The Kier molecular flexibility index (Phi) is 8.71. The van der Waals surface area contributed by atoms with Gasteiger partial charge < -0.3 is 15.5 Å². The highest BCUT2D eigenvalue weighted by molar-refractivity contribution is 5.78. The zero-order valence-corrected chi connectivity index (χ0v) is 13.6. The van der Waals surface area contributed by atoms with E-state index in [0.717, 1.165) is 32.4 Å². The molecule has 0 spiro atoms. The van der Waals surface area contributed by atoms with E-state index in [1.165, 1.54) is 5.56 Å². The number of carbonyl (C=O) groups is 1. The molecular weight excluding hydrogens is 262 g/mol. The maximum absolute atomic E-state index is 11.8. The van der Waals surface area contributed by atoms with E-state index >= 15 is 0 Å². The summed E-state index contributed by atoms with van der Waals surface area (Å²) in [6.07, 6.45) is 3.03. The fourth-order valence-corrected chi connectivity index (χ4v) is 2.15. The van der Waals surface area contributed by atoms with Crippen LogP contribution in [0.4, 0.5) is 0 Å². The Balaban J connectivity index is 2.07. The first-order chi connectivity index (χ1) is 10.1. The largest absolute Gasteiger partial charge is 0.353 e. The van der Waals surface area contributed by atoms with Crippen molar-refractivity contribution in [3.63, 3.8) is 0 Å².